The summed E-state index contributed by atoms with van der Waals surface area (Å²) < 4.78 is 0. The molecule has 5 heteroatoms. The molecule has 1 aromatic rings. The zero-order valence-electron chi connectivity index (χ0n) is 7.92. The Labute approximate surface area is 76.5 Å². The molecule has 72 valence electrons. The van der Waals surface area contributed by atoms with Gasteiger partial charge in [-0.05, 0) is 20.8 Å². The van der Waals surface area contributed by atoms with Crippen molar-refractivity contribution in [3.63, 3.8) is 0 Å². The van der Waals surface area contributed by atoms with Gasteiger partial charge in [-0.3, -0.25) is 9.63 Å². The highest BCUT2D eigenvalue weighted by molar-refractivity contribution is 5.91. The van der Waals surface area contributed by atoms with Gasteiger partial charge in [0.1, 0.15) is 5.69 Å². The number of hydrogen-bond acceptors (Lipinski definition) is 3. The van der Waals surface area contributed by atoms with Crippen molar-refractivity contribution in [2.24, 2.45) is 0 Å². The Morgan fingerprint density at radius 1 is 1.62 bits per heavy atom. The molecule has 0 aliphatic rings. The summed E-state index contributed by atoms with van der Waals surface area (Å²) in [4.78, 5) is 22.7. The second-order valence-electron chi connectivity index (χ2n) is 3.61. The van der Waals surface area contributed by atoms with Gasteiger partial charge in [0.05, 0.1) is 18.1 Å². The largest absolute Gasteiger partial charge is 0.341 e. The average molecular weight is 183 g/mol. The molecule has 0 spiro atoms. The molecule has 2 N–H and O–H groups in total. The molecular weight excluding hydrogens is 170 g/mol. The van der Waals surface area contributed by atoms with Crippen LogP contribution in [0, 0.1) is 0 Å². The van der Waals surface area contributed by atoms with E-state index >= 15 is 0 Å². The molecule has 0 aliphatic carbocycles. The lowest BCUT2D eigenvalue weighted by Gasteiger charge is -2.18. The summed E-state index contributed by atoms with van der Waals surface area (Å²) >= 11 is 0. The van der Waals surface area contributed by atoms with Crippen LogP contribution in [0.4, 0.5) is 0 Å². The lowest BCUT2D eigenvalue weighted by atomic mass is 10.2. The molecule has 0 saturated heterocycles. The number of H-pyrrole nitrogens is 1. The number of aromatic nitrogens is 2. The monoisotopic (exact) mass is 183 g/mol. The van der Waals surface area contributed by atoms with E-state index in [1.54, 1.807) is 0 Å². The Kier molecular flexibility index (Phi) is 2.67. The molecule has 13 heavy (non-hydrogen) atoms. The van der Waals surface area contributed by atoms with Crippen molar-refractivity contribution in [2.75, 3.05) is 0 Å². The van der Waals surface area contributed by atoms with E-state index in [9.17, 15) is 4.79 Å². The molecule has 1 heterocycles. The van der Waals surface area contributed by atoms with E-state index < -0.39 is 5.60 Å². The lowest BCUT2D eigenvalue weighted by Crippen LogP contribution is -2.33. The molecule has 0 radical (unpaired) electrons. The van der Waals surface area contributed by atoms with E-state index in [-0.39, 0.29) is 5.91 Å². The van der Waals surface area contributed by atoms with E-state index in [0.717, 1.165) is 0 Å². The third-order valence-electron chi connectivity index (χ3n) is 1.19. The van der Waals surface area contributed by atoms with Crippen LogP contribution in [-0.4, -0.2) is 21.5 Å². The quantitative estimate of drug-likeness (QED) is 0.668. The fourth-order valence-corrected chi connectivity index (χ4v) is 0.634. The molecule has 1 amide bonds. The van der Waals surface area contributed by atoms with Gasteiger partial charge >= 0.3 is 0 Å². The van der Waals surface area contributed by atoms with Crippen LogP contribution in [0.2, 0.25) is 0 Å². The number of nitrogens with zero attached hydrogens (tertiary/aromatic N) is 1. The van der Waals surface area contributed by atoms with Gasteiger partial charge < -0.3 is 4.98 Å². The highest BCUT2D eigenvalue weighted by Crippen LogP contribution is 2.04. The summed E-state index contributed by atoms with van der Waals surface area (Å²) in [5.41, 5.74) is 2.30. The standard InChI is InChI=1S/C8H13N3O2/c1-8(2,3)13-11-7(12)6-4-9-5-10-6/h4-5H,1-3H3,(H,9,10)(H,11,12). The summed E-state index contributed by atoms with van der Waals surface area (Å²) in [5.74, 6) is -0.326. The van der Waals surface area contributed by atoms with Crippen LogP contribution in [0.1, 0.15) is 31.3 Å². The minimum absolute atomic E-state index is 0.326. The fraction of sp³-hybridized carbons (Fsp3) is 0.500. The fourth-order valence-electron chi connectivity index (χ4n) is 0.634. The van der Waals surface area contributed by atoms with Crippen LogP contribution in [-0.2, 0) is 4.84 Å². The number of aromatic amines is 1. The highest BCUT2D eigenvalue weighted by atomic mass is 16.7. The molecule has 0 aromatic carbocycles. The van der Waals surface area contributed by atoms with Gasteiger partial charge in [-0.15, -0.1) is 0 Å². The van der Waals surface area contributed by atoms with Crippen LogP contribution in [0.15, 0.2) is 12.5 Å². The third kappa shape index (κ3) is 3.25. The first-order chi connectivity index (χ1) is 5.99. The normalized spacial score (nSPS) is 11.3. The third-order valence-corrected chi connectivity index (χ3v) is 1.19. The van der Waals surface area contributed by atoms with Crippen LogP contribution in [0.3, 0.4) is 0 Å². The summed E-state index contributed by atoms with van der Waals surface area (Å²) in [7, 11) is 0. The Morgan fingerprint density at radius 3 is 2.77 bits per heavy atom. The Morgan fingerprint density at radius 2 is 2.31 bits per heavy atom. The molecule has 0 bridgehead atoms. The van der Waals surface area contributed by atoms with Crippen LogP contribution in [0.5, 0.6) is 0 Å². The second-order valence-corrected chi connectivity index (χ2v) is 3.61. The topological polar surface area (TPSA) is 67.0 Å². The number of hydrogen-bond donors (Lipinski definition) is 2. The maximum atomic E-state index is 11.2. The molecule has 1 aromatic heterocycles. The van der Waals surface area contributed by atoms with Gasteiger partial charge in [-0.25, -0.2) is 10.5 Å². The molecule has 0 aliphatic heterocycles. The van der Waals surface area contributed by atoms with Crippen LogP contribution in [0.25, 0.3) is 0 Å². The SMILES string of the molecule is CC(C)(C)ONC(=O)c1cnc[nH]1. The zero-order valence-corrected chi connectivity index (χ0v) is 7.92. The molecule has 5 nitrogen and oxygen atoms in total. The van der Waals surface area contributed by atoms with E-state index in [1.165, 1.54) is 12.5 Å². The first kappa shape index (κ1) is 9.73. The highest BCUT2D eigenvalue weighted by Gasteiger charge is 2.14. The first-order valence-electron chi connectivity index (χ1n) is 3.96. The van der Waals surface area contributed by atoms with E-state index in [4.69, 9.17) is 4.84 Å². The predicted octanol–water partition coefficient (Wildman–Crippen LogP) is 0.870. The van der Waals surface area contributed by atoms with E-state index in [0.29, 0.717) is 5.69 Å². The van der Waals surface area contributed by atoms with Gasteiger partial charge in [0, 0.05) is 0 Å². The van der Waals surface area contributed by atoms with Crippen molar-refractivity contribution in [1.82, 2.24) is 15.4 Å². The van der Waals surface area contributed by atoms with Crippen molar-refractivity contribution in [2.45, 2.75) is 26.4 Å². The number of carbonyl (C=O) groups excluding carboxylic acids is 1. The van der Waals surface area contributed by atoms with Gasteiger partial charge in [-0.1, -0.05) is 0 Å². The maximum Gasteiger partial charge on any atom is 0.292 e. The molecule has 0 saturated carbocycles. The zero-order chi connectivity index (χ0) is 9.90. The van der Waals surface area contributed by atoms with Crippen molar-refractivity contribution < 1.29 is 9.63 Å². The number of carbonyl (C=O) groups is 1. The van der Waals surface area contributed by atoms with Crippen LogP contribution >= 0.6 is 0 Å². The van der Waals surface area contributed by atoms with Gasteiger partial charge in [-0.2, -0.15) is 0 Å². The molecule has 0 unspecified atom stereocenters. The number of amides is 1. The molecule has 0 fully saturated rings. The smallest absolute Gasteiger partial charge is 0.292 e. The summed E-state index contributed by atoms with van der Waals surface area (Å²) in [6, 6.07) is 0. The first-order valence-corrected chi connectivity index (χ1v) is 3.96. The Bertz CT molecular complexity index is 274. The number of nitrogens with one attached hydrogen (secondary N) is 2. The van der Waals surface area contributed by atoms with Gasteiger partial charge in [0.25, 0.3) is 5.91 Å². The Hall–Kier alpha value is -1.36. The summed E-state index contributed by atoms with van der Waals surface area (Å²) in [6.45, 7) is 5.54. The van der Waals surface area contributed by atoms with Crippen molar-refractivity contribution >= 4 is 5.91 Å². The average Bonchev–Trinajstić information content (AvgIpc) is 2.50. The molecule has 1 rings (SSSR count). The Balaban J connectivity index is 2.44. The summed E-state index contributed by atoms with van der Waals surface area (Å²) in [6.07, 6.45) is 2.87. The van der Waals surface area contributed by atoms with Crippen molar-refractivity contribution in [3.05, 3.63) is 18.2 Å². The van der Waals surface area contributed by atoms with E-state index in [2.05, 4.69) is 15.4 Å². The minimum atomic E-state index is -0.393. The van der Waals surface area contributed by atoms with Crippen LogP contribution < -0.4 is 5.48 Å². The summed E-state index contributed by atoms with van der Waals surface area (Å²) in [5, 5.41) is 0. The number of rotatable bonds is 2. The minimum Gasteiger partial charge on any atom is -0.341 e. The molecular formula is C8H13N3O2. The lowest BCUT2D eigenvalue weighted by molar-refractivity contribution is -0.0591. The van der Waals surface area contributed by atoms with Gasteiger partial charge in [0.15, 0.2) is 0 Å². The number of hydroxylamine groups is 1. The van der Waals surface area contributed by atoms with Gasteiger partial charge in [0.2, 0.25) is 0 Å². The van der Waals surface area contributed by atoms with Crippen molar-refractivity contribution in [1.29, 1.82) is 0 Å². The second kappa shape index (κ2) is 3.57. The maximum absolute atomic E-state index is 11.2. The molecule has 0 atom stereocenters. The predicted molar refractivity (Wildman–Crippen MR) is 46.9 cm³/mol. The van der Waals surface area contributed by atoms with Crippen molar-refractivity contribution in [3.8, 4) is 0 Å². The van der Waals surface area contributed by atoms with E-state index in [1.807, 2.05) is 20.8 Å². The number of imidazole rings is 1.